The first kappa shape index (κ1) is 22.2. The van der Waals surface area contributed by atoms with Gasteiger partial charge in [0.2, 0.25) is 11.9 Å². The molecule has 33 heavy (non-hydrogen) atoms. The number of aliphatic hydroxyl groups excluding tert-OH is 1. The molecule has 3 N–H and O–H groups in total. The number of aryl methyl sites for hydroxylation is 2. The van der Waals surface area contributed by atoms with Gasteiger partial charge < -0.3 is 15.7 Å². The van der Waals surface area contributed by atoms with Gasteiger partial charge in [0, 0.05) is 23.5 Å². The highest BCUT2D eigenvalue weighted by molar-refractivity contribution is 6.00. The van der Waals surface area contributed by atoms with Gasteiger partial charge in [-0.2, -0.15) is 10.1 Å². The summed E-state index contributed by atoms with van der Waals surface area (Å²) in [5.74, 6) is -0.595. The molecule has 1 amide bonds. The Kier molecular flexibility index (Phi) is 5.93. The molecule has 1 atom stereocenters. The molecular weight excluding hydrogens is 425 g/mol. The Morgan fingerprint density at radius 2 is 2.12 bits per heavy atom. The summed E-state index contributed by atoms with van der Waals surface area (Å²) in [7, 11) is 0. The highest BCUT2D eigenvalue weighted by Gasteiger charge is 2.16. The van der Waals surface area contributed by atoms with Crippen molar-refractivity contribution in [2.45, 2.75) is 33.4 Å². The number of nitrogens with one attached hydrogen (secondary N) is 2. The topological polar surface area (TPSA) is 110 Å². The van der Waals surface area contributed by atoms with Crippen molar-refractivity contribution < 1.29 is 14.3 Å². The third-order valence-corrected chi connectivity index (χ3v) is 5.05. The maximum Gasteiger partial charge on any atom is 0.247 e. The van der Waals surface area contributed by atoms with Gasteiger partial charge in [-0.15, -0.1) is 0 Å². The number of carbonyl (C=O) groups excluding carboxylic acids is 1. The largest absolute Gasteiger partial charge is 0.391 e. The van der Waals surface area contributed by atoms with Gasteiger partial charge in [0.15, 0.2) is 11.6 Å². The lowest BCUT2D eigenvalue weighted by molar-refractivity contribution is -0.111. The molecule has 0 fully saturated rings. The number of hydrogen-bond acceptors (Lipinski definition) is 6. The number of anilines is 3. The number of halogens is 1. The Morgan fingerprint density at radius 1 is 1.33 bits per heavy atom. The maximum absolute atomic E-state index is 14.8. The van der Waals surface area contributed by atoms with Crippen LogP contribution in [0.5, 0.6) is 0 Å². The second-order valence-corrected chi connectivity index (χ2v) is 7.80. The Morgan fingerprint density at radius 3 is 2.85 bits per heavy atom. The van der Waals surface area contributed by atoms with E-state index in [0.717, 1.165) is 22.7 Å². The number of fused-ring (bicyclic) bond motifs is 1. The van der Waals surface area contributed by atoms with E-state index in [1.807, 2.05) is 19.9 Å². The van der Waals surface area contributed by atoms with Crippen LogP contribution >= 0.6 is 0 Å². The van der Waals surface area contributed by atoms with E-state index in [1.54, 1.807) is 40.7 Å². The van der Waals surface area contributed by atoms with Gasteiger partial charge in [0.1, 0.15) is 0 Å². The Hall–Kier alpha value is -4.05. The van der Waals surface area contributed by atoms with Crippen LogP contribution in [0.15, 0.2) is 49.4 Å². The summed E-state index contributed by atoms with van der Waals surface area (Å²) in [4.78, 5) is 20.1. The van der Waals surface area contributed by atoms with Crippen molar-refractivity contribution in [2.24, 2.45) is 0 Å². The summed E-state index contributed by atoms with van der Waals surface area (Å²) in [6, 6.07) is 5.35. The lowest BCUT2D eigenvalue weighted by Gasteiger charge is -2.09. The first-order valence-electron chi connectivity index (χ1n) is 10.3. The summed E-state index contributed by atoms with van der Waals surface area (Å²) in [6.07, 6.45) is 5.29. The molecule has 3 aromatic heterocycles. The molecule has 0 radical (unpaired) electrons. The van der Waals surface area contributed by atoms with Gasteiger partial charge in [0.25, 0.3) is 0 Å². The number of carbonyl (C=O) groups is 1. The summed E-state index contributed by atoms with van der Waals surface area (Å²) in [5, 5.41) is 20.6. The normalized spacial score (nSPS) is 12.0. The van der Waals surface area contributed by atoms with Crippen LogP contribution < -0.4 is 10.6 Å². The van der Waals surface area contributed by atoms with Crippen molar-refractivity contribution in [3.63, 3.8) is 0 Å². The molecule has 0 aliphatic carbocycles. The molecule has 4 aromatic rings. The summed E-state index contributed by atoms with van der Waals surface area (Å²) >= 11 is 0. The molecule has 0 bridgehead atoms. The molecule has 0 saturated carbocycles. The molecule has 3 heterocycles. The number of nitrogens with zero attached hydrogens (tertiary/aromatic N) is 5. The minimum Gasteiger partial charge on any atom is -0.391 e. The van der Waals surface area contributed by atoms with Crippen LogP contribution in [0.25, 0.3) is 16.7 Å². The molecule has 0 saturated heterocycles. The molecule has 0 aliphatic heterocycles. The maximum atomic E-state index is 14.8. The van der Waals surface area contributed by atoms with Gasteiger partial charge in [-0.05, 0) is 50.6 Å². The smallest absolute Gasteiger partial charge is 0.247 e. The third-order valence-electron chi connectivity index (χ3n) is 5.05. The zero-order valence-electron chi connectivity index (χ0n) is 18.5. The molecule has 1 aromatic carbocycles. The van der Waals surface area contributed by atoms with Crippen molar-refractivity contribution in [2.75, 3.05) is 10.6 Å². The fourth-order valence-corrected chi connectivity index (χ4v) is 3.55. The molecule has 170 valence electrons. The minimum atomic E-state index is -0.581. The van der Waals surface area contributed by atoms with Crippen molar-refractivity contribution >= 4 is 34.1 Å². The predicted molar refractivity (Wildman–Crippen MR) is 124 cm³/mol. The first-order chi connectivity index (χ1) is 15.7. The monoisotopic (exact) mass is 449 g/mol. The van der Waals surface area contributed by atoms with Crippen LogP contribution in [0.2, 0.25) is 0 Å². The Labute approximate surface area is 189 Å². The van der Waals surface area contributed by atoms with Crippen LogP contribution in [0.4, 0.5) is 21.7 Å². The Bertz CT molecular complexity index is 1360. The van der Waals surface area contributed by atoms with E-state index >= 15 is 0 Å². The van der Waals surface area contributed by atoms with Gasteiger partial charge in [-0.3, -0.25) is 14.0 Å². The van der Waals surface area contributed by atoms with Crippen LogP contribution in [0.3, 0.4) is 0 Å². The quantitative estimate of drug-likeness (QED) is 0.372. The number of benzene rings is 1. The molecule has 0 aliphatic rings. The van der Waals surface area contributed by atoms with E-state index in [-0.39, 0.29) is 17.7 Å². The second kappa shape index (κ2) is 8.83. The highest BCUT2D eigenvalue weighted by Crippen LogP contribution is 2.28. The number of hydrogen-bond donors (Lipinski definition) is 3. The average molecular weight is 449 g/mol. The van der Waals surface area contributed by atoms with E-state index in [0.29, 0.717) is 23.6 Å². The van der Waals surface area contributed by atoms with Gasteiger partial charge >= 0.3 is 0 Å². The SMILES string of the molecule is C=CC(=O)Nc1ccc2c(c1)c(C)cn2-c1nc(Nc2cn(CC(C)O)nc2C)ncc1F. The fourth-order valence-electron chi connectivity index (χ4n) is 3.55. The molecule has 9 nitrogen and oxygen atoms in total. The second-order valence-electron chi connectivity index (χ2n) is 7.80. The number of aliphatic hydroxyl groups is 1. The summed E-state index contributed by atoms with van der Waals surface area (Å²) < 4.78 is 18.0. The van der Waals surface area contributed by atoms with Gasteiger partial charge in [-0.1, -0.05) is 6.58 Å². The zero-order chi connectivity index (χ0) is 23.7. The average Bonchev–Trinajstić information content (AvgIpc) is 3.27. The standard InChI is InChI=1S/C23H24FN7O2/c1-5-21(33)26-16-6-7-20-17(8-16)13(2)10-31(20)22-18(24)9-25-23(28-22)27-19-12-30(11-14(3)32)29-15(19)4/h5-10,12,14,32H,1,11H2,2-4H3,(H,26,33)(H,25,27,28). The van der Waals surface area contributed by atoms with Crippen LogP contribution in [-0.4, -0.2) is 41.4 Å². The minimum absolute atomic E-state index is 0.0857. The number of amides is 1. The summed E-state index contributed by atoms with van der Waals surface area (Å²) in [5.41, 5.74) is 3.59. The summed E-state index contributed by atoms with van der Waals surface area (Å²) in [6.45, 7) is 9.20. The number of rotatable bonds is 7. The first-order valence-corrected chi connectivity index (χ1v) is 10.3. The van der Waals surface area contributed by atoms with E-state index in [4.69, 9.17) is 0 Å². The van der Waals surface area contributed by atoms with Crippen LogP contribution in [0, 0.1) is 19.7 Å². The fraction of sp³-hybridized carbons (Fsp3) is 0.217. The van der Waals surface area contributed by atoms with Crippen LogP contribution in [0.1, 0.15) is 18.2 Å². The van der Waals surface area contributed by atoms with E-state index in [1.165, 1.54) is 6.08 Å². The van der Waals surface area contributed by atoms with Crippen molar-refractivity contribution in [1.82, 2.24) is 24.3 Å². The van der Waals surface area contributed by atoms with E-state index < -0.39 is 11.9 Å². The molecule has 1 unspecified atom stereocenters. The van der Waals surface area contributed by atoms with Crippen molar-refractivity contribution in [1.29, 1.82) is 0 Å². The molecule has 0 spiro atoms. The van der Waals surface area contributed by atoms with Crippen molar-refractivity contribution in [3.8, 4) is 5.82 Å². The highest BCUT2D eigenvalue weighted by atomic mass is 19.1. The van der Waals surface area contributed by atoms with Crippen molar-refractivity contribution in [3.05, 3.63) is 66.5 Å². The van der Waals surface area contributed by atoms with E-state index in [9.17, 15) is 14.3 Å². The lowest BCUT2D eigenvalue weighted by Crippen LogP contribution is -2.12. The lowest BCUT2D eigenvalue weighted by atomic mass is 10.2. The molecule has 4 rings (SSSR count). The third kappa shape index (κ3) is 4.60. The van der Waals surface area contributed by atoms with Crippen LogP contribution in [-0.2, 0) is 11.3 Å². The molecule has 10 heteroatoms. The predicted octanol–water partition coefficient (Wildman–Crippen LogP) is 3.62. The zero-order valence-corrected chi connectivity index (χ0v) is 18.5. The van der Waals surface area contributed by atoms with Gasteiger partial charge in [-0.25, -0.2) is 9.37 Å². The van der Waals surface area contributed by atoms with Gasteiger partial charge in [0.05, 0.1) is 35.7 Å². The Balaban J connectivity index is 1.69. The molecular formula is C23H24FN7O2. The number of aromatic nitrogens is 5. The van der Waals surface area contributed by atoms with E-state index in [2.05, 4.69) is 32.3 Å².